The number of nitriles is 1. The molecule has 0 bridgehead atoms. The number of hydrogen-bond acceptors (Lipinski definition) is 3. The summed E-state index contributed by atoms with van der Waals surface area (Å²) in [5.41, 5.74) is 6.76. The average molecular weight is 265 g/mol. The number of pyridine rings is 1. The zero-order chi connectivity index (χ0) is 10.8. The molecular weight excluding hydrogens is 256 g/mol. The number of halogens is 1. The Hall–Kier alpha value is -1.38. The van der Waals surface area contributed by atoms with Crippen molar-refractivity contribution >= 4 is 21.4 Å². The van der Waals surface area contributed by atoms with Crippen molar-refractivity contribution in [2.75, 3.05) is 6.54 Å². The first-order valence-corrected chi connectivity index (χ1v) is 5.33. The van der Waals surface area contributed by atoms with Gasteiger partial charge in [0.1, 0.15) is 11.9 Å². The molecule has 2 aromatic heterocycles. The Balaban J connectivity index is 2.77. The maximum atomic E-state index is 8.94. The molecule has 0 fully saturated rings. The molecule has 2 N–H and O–H groups in total. The predicted octanol–water partition coefficient (Wildman–Crippen LogP) is 1.47. The van der Waals surface area contributed by atoms with Crippen molar-refractivity contribution in [1.29, 1.82) is 5.26 Å². The van der Waals surface area contributed by atoms with Crippen LogP contribution in [0.2, 0.25) is 0 Å². The normalized spacial score (nSPS) is 10.5. The third-order valence-corrected chi connectivity index (χ3v) is 2.78. The van der Waals surface area contributed by atoms with Gasteiger partial charge in [0.25, 0.3) is 0 Å². The molecular formula is C10H9BrN4. The third kappa shape index (κ3) is 1.62. The van der Waals surface area contributed by atoms with Crippen LogP contribution < -0.4 is 5.73 Å². The van der Waals surface area contributed by atoms with E-state index >= 15 is 0 Å². The van der Waals surface area contributed by atoms with Crippen LogP contribution in [0.5, 0.6) is 0 Å². The number of fused-ring (bicyclic) bond motifs is 1. The Kier molecular flexibility index (Phi) is 2.71. The van der Waals surface area contributed by atoms with Gasteiger partial charge in [-0.05, 0) is 34.6 Å². The fourth-order valence-corrected chi connectivity index (χ4v) is 2.09. The van der Waals surface area contributed by atoms with Crippen LogP contribution in [0.15, 0.2) is 22.8 Å². The smallest absolute Gasteiger partial charge is 0.166 e. The molecule has 0 aliphatic heterocycles. The van der Waals surface area contributed by atoms with E-state index in [1.165, 1.54) is 0 Å². The number of nitrogens with two attached hydrogens (primary N) is 1. The monoisotopic (exact) mass is 264 g/mol. The van der Waals surface area contributed by atoms with Crippen LogP contribution in [-0.4, -0.2) is 15.9 Å². The molecule has 76 valence electrons. The maximum Gasteiger partial charge on any atom is 0.166 e. The Morgan fingerprint density at radius 3 is 3.00 bits per heavy atom. The van der Waals surface area contributed by atoms with E-state index in [0.29, 0.717) is 18.7 Å². The molecule has 2 rings (SSSR count). The zero-order valence-electron chi connectivity index (χ0n) is 7.94. The first-order valence-electron chi connectivity index (χ1n) is 4.54. The van der Waals surface area contributed by atoms with E-state index in [2.05, 4.69) is 27.0 Å². The summed E-state index contributed by atoms with van der Waals surface area (Å²) in [4.78, 5) is 4.25. The quantitative estimate of drug-likeness (QED) is 0.836. The lowest BCUT2D eigenvalue weighted by Crippen LogP contribution is -2.06. The number of imidazole rings is 1. The van der Waals surface area contributed by atoms with E-state index in [0.717, 1.165) is 15.9 Å². The van der Waals surface area contributed by atoms with Crippen molar-refractivity contribution in [3.05, 3.63) is 34.3 Å². The molecule has 0 atom stereocenters. The van der Waals surface area contributed by atoms with Gasteiger partial charge in [-0.25, -0.2) is 4.98 Å². The molecule has 0 spiro atoms. The van der Waals surface area contributed by atoms with Crippen molar-refractivity contribution in [3.8, 4) is 6.07 Å². The SMILES string of the molecule is N#Cc1nc(CCN)n2c(Br)cccc12. The van der Waals surface area contributed by atoms with Gasteiger partial charge in [-0.15, -0.1) is 0 Å². The minimum Gasteiger partial charge on any atom is -0.330 e. The fraction of sp³-hybridized carbons (Fsp3) is 0.200. The largest absolute Gasteiger partial charge is 0.330 e. The molecule has 0 aliphatic carbocycles. The van der Waals surface area contributed by atoms with Gasteiger partial charge in [0.15, 0.2) is 5.69 Å². The highest BCUT2D eigenvalue weighted by atomic mass is 79.9. The molecule has 2 heterocycles. The third-order valence-electron chi connectivity index (χ3n) is 2.16. The van der Waals surface area contributed by atoms with E-state index in [9.17, 15) is 0 Å². The molecule has 0 aliphatic rings. The van der Waals surface area contributed by atoms with Gasteiger partial charge >= 0.3 is 0 Å². The van der Waals surface area contributed by atoms with E-state index < -0.39 is 0 Å². The van der Waals surface area contributed by atoms with E-state index in [1.807, 2.05) is 22.6 Å². The lowest BCUT2D eigenvalue weighted by atomic mass is 10.3. The van der Waals surface area contributed by atoms with Crippen molar-refractivity contribution in [2.45, 2.75) is 6.42 Å². The second-order valence-corrected chi connectivity index (χ2v) is 3.91. The number of hydrogen-bond donors (Lipinski definition) is 1. The van der Waals surface area contributed by atoms with Crippen LogP contribution in [0.1, 0.15) is 11.5 Å². The van der Waals surface area contributed by atoms with Gasteiger partial charge in [0, 0.05) is 6.42 Å². The molecule has 2 aromatic rings. The molecule has 15 heavy (non-hydrogen) atoms. The summed E-state index contributed by atoms with van der Waals surface area (Å²) in [7, 11) is 0. The highest BCUT2D eigenvalue weighted by Crippen LogP contribution is 2.19. The van der Waals surface area contributed by atoms with E-state index in [1.54, 1.807) is 0 Å². The first-order chi connectivity index (χ1) is 7.27. The maximum absolute atomic E-state index is 8.94. The Bertz CT molecular complexity index is 538. The summed E-state index contributed by atoms with van der Waals surface area (Å²) in [6.45, 7) is 0.519. The first kappa shape index (κ1) is 10.1. The van der Waals surface area contributed by atoms with Gasteiger partial charge in [0.2, 0.25) is 0 Å². The zero-order valence-corrected chi connectivity index (χ0v) is 9.53. The summed E-state index contributed by atoms with van der Waals surface area (Å²) in [6, 6.07) is 7.75. The number of rotatable bonds is 2. The molecule has 0 saturated heterocycles. The van der Waals surface area contributed by atoms with Crippen LogP contribution in [-0.2, 0) is 6.42 Å². The lowest BCUT2D eigenvalue weighted by molar-refractivity contribution is 0.854. The van der Waals surface area contributed by atoms with Crippen molar-refractivity contribution < 1.29 is 0 Å². The molecule has 5 heteroatoms. The summed E-state index contributed by atoms with van der Waals surface area (Å²) >= 11 is 3.43. The molecule has 0 amide bonds. The average Bonchev–Trinajstić information content (AvgIpc) is 2.59. The Morgan fingerprint density at radius 2 is 2.33 bits per heavy atom. The summed E-state index contributed by atoms with van der Waals surface area (Å²) in [5, 5.41) is 8.94. The predicted molar refractivity (Wildman–Crippen MR) is 60.4 cm³/mol. The Morgan fingerprint density at radius 1 is 1.53 bits per heavy atom. The highest BCUT2D eigenvalue weighted by molar-refractivity contribution is 9.10. The van der Waals surface area contributed by atoms with Crippen LogP contribution in [0.4, 0.5) is 0 Å². The van der Waals surface area contributed by atoms with Crippen molar-refractivity contribution in [3.63, 3.8) is 0 Å². The standard InChI is InChI=1S/C10H9BrN4/c11-9-3-1-2-8-7(6-13)14-10(4-5-12)15(8)9/h1-3H,4-5,12H2. The van der Waals surface area contributed by atoms with Gasteiger partial charge in [-0.3, -0.25) is 4.40 Å². The van der Waals surface area contributed by atoms with Crippen molar-refractivity contribution in [2.24, 2.45) is 5.73 Å². The highest BCUT2D eigenvalue weighted by Gasteiger charge is 2.11. The topological polar surface area (TPSA) is 67.1 Å². The van der Waals surface area contributed by atoms with E-state index in [4.69, 9.17) is 11.0 Å². The lowest BCUT2D eigenvalue weighted by Gasteiger charge is -2.01. The number of nitrogens with zero attached hydrogens (tertiary/aromatic N) is 3. The molecule has 0 radical (unpaired) electrons. The minimum absolute atomic E-state index is 0.444. The van der Waals surface area contributed by atoms with Crippen LogP contribution in [0, 0.1) is 11.3 Å². The van der Waals surface area contributed by atoms with Gasteiger partial charge < -0.3 is 5.73 Å². The Labute approximate surface area is 95.5 Å². The molecule has 4 nitrogen and oxygen atoms in total. The second kappa shape index (κ2) is 4.01. The molecule has 0 saturated carbocycles. The summed E-state index contributed by atoms with van der Waals surface area (Å²) in [5.74, 6) is 0.816. The number of aromatic nitrogens is 2. The van der Waals surface area contributed by atoms with Crippen LogP contribution in [0.3, 0.4) is 0 Å². The van der Waals surface area contributed by atoms with Crippen molar-refractivity contribution in [1.82, 2.24) is 9.38 Å². The fourth-order valence-electron chi connectivity index (χ4n) is 1.55. The van der Waals surface area contributed by atoms with Gasteiger partial charge in [-0.2, -0.15) is 5.26 Å². The van der Waals surface area contributed by atoms with Crippen LogP contribution in [0.25, 0.3) is 5.52 Å². The van der Waals surface area contributed by atoms with Crippen LogP contribution >= 0.6 is 15.9 Å². The summed E-state index contributed by atoms with van der Waals surface area (Å²) < 4.78 is 2.79. The summed E-state index contributed by atoms with van der Waals surface area (Å²) in [6.07, 6.45) is 0.658. The van der Waals surface area contributed by atoms with Gasteiger partial charge in [0.05, 0.1) is 10.1 Å². The molecule has 0 unspecified atom stereocenters. The van der Waals surface area contributed by atoms with Gasteiger partial charge in [-0.1, -0.05) is 6.07 Å². The molecule has 0 aromatic carbocycles. The second-order valence-electron chi connectivity index (χ2n) is 3.10. The minimum atomic E-state index is 0.444. The van der Waals surface area contributed by atoms with E-state index in [-0.39, 0.29) is 0 Å².